The van der Waals surface area contributed by atoms with Crippen molar-refractivity contribution in [2.45, 2.75) is 24.4 Å². The summed E-state index contributed by atoms with van der Waals surface area (Å²) in [6.07, 6.45) is 3.90. The molecule has 3 aliphatic heterocycles. The Balaban J connectivity index is 1.54. The molecule has 0 unspecified atom stereocenters. The number of benzene rings is 4. The highest BCUT2D eigenvalue weighted by Gasteiger charge is 2.70. The van der Waals surface area contributed by atoms with E-state index < -0.39 is 23.4 Å². The fourth-order valence-electron chi connectivity index (χ4n) is 6.82. The zero-order valence-corrected chi connectivity index (χ0v) is 22.4. The number of carbonyl (C=O) groups excluding carboxylic acids is 3. The van der Waals surface area contributed by atoms with Crippen LogP contribution in [0.15, 0.2) is 103 Å². The van der Waals surface area contributed by atoms with Gasteiger partial charge in [-0.1, -0.05) is 102 Å². The summed E-state index contributed by atoms with van der Waals surface area (Å²) in [6, 6.07) is 27.8. The molecule has 196 valence electrons. The van der Waals surface area contributed by atoms with E-state index in [4.69, 9.17) is 11.6 Å². The van der Waals surface area contributed by atoms with Gasteiger partial charge in [0.05, 0.1) is 12.0 Å². The van der Waals surface area contributed by atoms with Gasteiger partial charge in [0.15, 0.2) is 11.6 Å². The second-order valence-electron chi connectivity index (χ2n) is 10.7. The molecule has 1 saturated heterocycles. The van der Waals surface area contributed by atoms with Crippen molar-refractivity contribution in [3.63, 3.8) is 0 Å². The molecule has 40 heavy (non-hydrogen) atoms. The van der Waals surface area contributed by atoms with Crippen LogP contribution in [0.5, 0.6) is 0 Å². The number of hydrogen-bond acceptors (Lipinski definition) is 4. The molecule has 4 aromatic rings. The summed E-state index contributed by atoms with van der Waals surface area (Å²) in [6.45, 7) is 1.96. The molecular formula is C34H25ClN2O3. The van der Waals surface area contributed by atoms with Gasteiger partial charge in [0.2, 0.25) is 5.91 Å². The van der Waals surface area contributed by atoms with Crippen molar-refractivity contribution in [1.29, 1.82) is 0 Å². The Morgan fingerprint density at radius 1 is 0.850 bits per heavy atom. The number of nitrogens with one attached hydrogen (secondary N) is 1. The molecule has 4 aromatic carbocycles. The highest BCUT2D eigenvalue weighted by atomic mass is 35.5. The van der Waals surface area contributed by atoms with Gasteiger partial charge in [0, 0.05) is 27.5 Å². The number of amides is 1. The van der Waals surface area contributed by atoms with Gasteiger partial charge in [-0.25, -0.2) is 0 Å². The van der Waals surface area contributed by atoms with Crippen LogP contribution in [0.1, 0.15) is 37.4 Å². The first kappa shape index (κ1) is 24.6. The molecule has 0 aliphatic carbocycles. The van der Waals surface area contributed by atoms with Crippen LogP contribution >= 0.6 is 11.6 Å². The smallest absolute Gasteiger partial charge is 0.238 e. The van der Waals surface area contributed by atoms with Gasteiger partial charge in [-0.05, 0) is 42.3 Å². The molecule has 3 aliphatic rings. The highest BCUT2D eigenvalue weighted by molar-refractivity contribution is 6.31. The van der Waals surface area contributed by atoms with Gasteiger partial charge in [0.25, 0.3) is 0 Å². The van der Waals surface area contributed by atoms with Gasteiger partial charge in [0.1, 0.15) is 11.5 Å². The Labute approximate surface area is 237 Å². The molecule has 1 spiro atoms. The minimum Gasteiger partial charge on any atom is -0.352 e. The zero-order chi connectivity index (χ0) is 27.6. The molecule has 3 heterocycles. The predicted molar refractivity (Wildman–Crippen MR) is 157 cm³/mol. The number of para-hydroxylation sites is 1. The average Bonchev–Trinajstić information content (AvgIpc) is 3.45. The van der Waals surface area contributed by atoms with E-state index in [1.54, 1.807) is 30.3 Å². The summed E-state index contributed by atoms with van der Waals surface area (Å²) >= 11 is 6.36. The summed E-state index contributed by atoms with van der Waals surface area (Å²) in [5.41, 5.74) is 3.64. The zero-order valence-electron chi connectivity index (χ0n) is 21.7. The van der Waals surface area contributed by atoms with Crippen LogP contribution in [0.4, 0.5) is 11.4 Å². The Hall–Kier alpha value is -4.48. The fraction of sp³-hybridized carbons (Fsp3) is 0.147. The first-order valence-corrected chi connectivity index (χ1v) is 13.7. The summed E-state index contributed by atoms with van der Waals surface area (Å²) in [5.74, 6) is -1.72. The van der Waals surface area contributed by atoms with Crippen molar-refractivity contribution >= 4 is 46.5 Å². The van der Waals surface area contributed by atoms with Crippen LogP contribution in [-0.2, 0) is 10.2 Å². The molecule has 1 amide bonds. The minimum absolute atomic E-state index is 0.207. The number of carbonyl (C=O) groups is 3. The van der Waals surface area contributed by atoms with E-state index in [2.05, 4.69) is 5.32 Å². The summed E-state index contributed by atoms with van der Waals surface area (Å²) in [4.78, 5) is 45.6. The van der Waals surface area contributed by atoms with Gasteiger partial charge in [-0.2, -0.15) is 0 Å². The molecule has 4 atom stereocenters. The van der Waals surface area contributed by atoms with Crippen LogP contribution in [0, 0.1) is 12.8 Å². The first-order chi connectivity index (χ1) is 19.4. The van der Waals surface area contributed by atoms with Crippen molar-refractivity contribution < 1.29 is 14.4 Å². The van der Waals surface area contributed by atoms with E-state index in [1.807, 2.05) is 90.7 Å². The van der Waals surface area contributed by atoms with Gasteiger partial charge in [-0.3, -0.25) is 14.4 Å². The van der Waals surface area contributed by atoms with E-state index >= 15 is 0 Å². The summed E-state index contributed by atoms with van der Waals surface area (Å²) < 4.78 is 0. The molecule has 0 bridgehead atoms. The molecule has 0 aromatic heterocycles. The lowest BCUT2D eigenvalue weighted by atomic mass is 9.64. The average molecular weight is 545 g/mol. The van der Waals surface area contributed by atoms with Crippen molar-refractivity contribution in [3.8, 4) is 0 Å². The molecule has 1 N–H and O–H groups in total. The van der Waals surface area contributed by atoms with E-state index in [-0.39, 0.29) is 17.5 Å². The maximum Gasteiger partial charge on any atom is 0.238 e. The molecule has 7 rings (SSSR count). The third kappa shape index (κ3) is 3.37. The summed E-state index contributed by atoms with van der Waals surface area (Å²) in [7, 11) is 0. The Morgan fingerprint density at radius 2 is 1.55 bits per heavy atom. The largest absolute Gasteiger partial charge is 0.352 e. The SMILES string of the molecule is Cc1ccc(C(=O)[C@@H]2[C@H](C(=O)c3ccccc3)N3c4ccc(Cl)cc4C=C[C@@H]3[C@@]23C(=O)Nc2ccccc23)cc1. The van der Waals surface area contributed by atoms with E-state index in [0.717, 1.165) is 22.4 Å². The van der Waals surface area contributed by atoms with E-state index in [0.29, 0.717) is 21.8 Å². The van der Waals surface area contributed by atoms with Crippen LogP contribution in [0.2, 0.25) is 5.02 Å². The number of aryl methyl sites for hydroxylation is 1. The highest BCUT2D eigenvalue weighted by Crippen LogP contribution is 2.58. The second kappa shape index (κ2) is 9.04. The quantitative estimate of drug-likeness (QED) is 0.298. The lowest BCUT2D eigenvalue weighted by molar-refractivity contribution is -0.121. The Morgan fingerprint density at radius 3 is 2.33 bits per heavy atom. The third-order valence-corrected chi connectivity index (χ3v) is 8.78. The minimum atomic E-state index is -1.33. The third-order valence-electron chi connectivity index (χ3n) is 8.54. The van der Waals surface area contributed by atoms with E-state index in [9.17, 15) is 14.4 Å². The molecule has 6 heteroatoms. The Kier molecular flexibility index (Phi) is 5.55. The molecule has 0 radical (unpaired) electrons. The number of anilines is 2. The standard InChI is InChI=1S/C34H25ClN2O3/c1-20-11-13-22(14-12-20)31(38)29-30(32(39)21-7-3-2-4-8-21)37-27-17-16-24(35)19-23(27)15-18-28(37)34(29)25-9-5-6-10-26(25)36-33(34)40/h2-19,28-30H,1H3,(H,36,40)/t28-,29+,30-,34-/m1/s1. The number of rotatable bonds is 4. The van der Waals surface area contributed by atoms with Gasteiger partial charge < -0.3 is 10.2 Å². The lowest BCUT2D eigenvalue weighted by Gasteiger charge is -2.37. The van der Waals surface area contributed by atoms with Crippen molar-refractivity contribution in [2.24, 2.45) is 5.92 Å². The number of Topliss-reactive ketones (excluding diaryl/α,β-unsaturated/α-hetero) is 2. The molecule has 5 nitrogen and oxygen atoms in total. The number of halogens is 1. The molecule has 0 saturated carbocycles. The van der Waals surface area contributed by atoms with Crippen LogP contribution in [0.3, 0.4) is 0 Å². The number of fused-ring (bicyclic) bond motifs is 6. The van der Waals surface area contributed by atoms with Crippen molar-refractivity contribution in [2.75, 3.05) is 10.2 Å². The number of nitrogens with zero attached hydrogens (tertiary/aromatic N) is 1. The molecular weight excluding hydrogens is 520 g/mol. The van der Waals surface area contributed by atoms with Crippen LogP contribution < -0.4 is 10.2 Å². The monoisotopic (exact) mass is 544 g/mol. The molecule has 1 fully saturated rings. The van der Waals surface area contributed by atoms with Crippen LogP contribution in [-0.4, -0.2) is 29.6 Å². The number of ketones is 2. The van der Waals surface area contributed by atoms with Crippen molar-refractivity contribution in [3.05, 3.63) is 136 Å². The topological polar surface area (TPSA) is 66.5 Å². The normalized spacial score (nSPS) is 23.9. The second-order valence-corrected chi connectivity index (χ2v) is 11.1. The maximum atomic E-state index is 14.7. The maximum absolute atomic E-state index is 14.7. The Bertz CT molecular complexity index is 1730. The van der Waals surface area contributed by atoms with Crippen molar-refractivity contribution in [1.82, 2.24) is 0 Å². The van der Waals surface area contributed by atoms with E-state index in [1.165, 1.54) is 0 Å². The van der Waals surface area contributed by atoms with Crippen LogP contribution in [0.25, 0.3) is 6.08 Å². The first-order valence-electron chi connectivity index (χ1n) is 13.3. The van der Waals surface area contributed by atoms with Gasteiger partial charge in [-0.15, -0.1) is 0 Å². The van der Waals surface area contributed by atoms with Gasteiger partial charge >= 0.3 is 0 Å². The predicted octanol–water partition coefficient (Wildman–Crippen LogP) is 6.50. The fourth-order valence-corrected chi connectivity index (χ4v) is 7.00. The number of hydrogen-bond donors (Lipinski definition) is 1. The lowest BCUT2D eigenvalue weighted by Crippen LogP contribution is -2.51. The summed E-state index contributed by atoms with van der Waals surface area (Å²) in [5, 5.41) is 3.62.